The first-order valence-electron chi connectivity index (χ1n) is 6.89. The Bertz CT molecular complexity index is 598. The summed E-state index contributed by atoms with van der Waals surface area (Å²) < 4.78 is 2.02. The van der Waals surface area contributed by atoms with Crippen LogP contribution in [0.1, 0.15) is 25.1 Å². The maximum Gasteiger partial charge on any atom is 0.141 e. The summed E-state index contributed by atoms with van der Waals surface area (Å²) in [5.41, 5.74) is 2.05. The number of benzene rings is 1. The van der Waals surface area contributed by atoms with Crippen molar-refractivity contribution in [1.29, 1.82) is 0 Å². The number of carbonyl (C=O) groups excluding carboxylic acids is 1. The van der Waals surface area contributed by atoms with Crippen molar-refractivity contribution >= 4 is 16.8 Å². The molecule has 4 nitrogen and oxygen atoms in total. The topological polar surface area (TPSA) is 46.9 Å². The summed E-state index contributed by atoms with van der Waals surface area (Å²) in [5, 5.41) is 3.37. The molecule has 4 heteroatoms. The molecule has 1 N–H and O–H groups in total. The molecule has 0 unspecified atom stereocenters. The van der Waals surface area contributed by atoms with Gasteiger partial charge in [-0.1, -0.05) is 12.1 Å². The third kappa shape index (κ3) is 2.84. The second kappa shape index (κ2) is 5.13. The van der Waals surface area contributed by atoms with Gasteiger partial charge in [0.25, 0.3) is 0 Å². The lowest BCUT2D eigenvalue weighted by Crippen LogP contribution is -2.21. The molecule has 100 valence electrons. The van der Waals surface area contributed by atoms with Gasteiger partial charge < -0.3 is 9.88 Å². The van der Waals surface area contributed by atoms with Crippen molar-refractivity contribution in [3.63, 3.8) is 0 Å². The molecular formula is C15H19N3O. The van der Waals surface area contributed by atoms with Crippen LogP contribution in [0, 0.1) is 0 Å². The maximum atomic E-state index is 12.0. The quantitative estimate of drug-likeness (QED) is 0.858. The van der Waals surface area contributed by atoms with Crippen molar-refractivity contribution in [3.05, 3.63) is 30.1 Å². The van der Waals surface area contributed by atoms with Crippen molar-refractivity contribution in [2.75, 3.05) is 6.54 Å². The van der Waals surface area contributed by atoms with Gasteiger partial charge in [0.2, 0.25) is 0 Å². The summed E-state index contributed by atoms with van der Waals surface area (Å²) in [6.07, 6.45) is 3.55. The number of nitrogens with one attached hydrogen (secondary N) is 1. The van der Waals surface area contributed by atoms with Crippen LogP contribution in [0.4, 0.5) is 0 Å². The SMILES string of the molecule is Cn1c(CC(=O)CCNC2CC2)nc2ccccc21. The average molecular weight is 257 g/mol. The number of nitrogens with zero attached hydrogens (tertiary/aromatic N) is 2. The summed E-state index contributed by atoms with van der Waals surface area (Å²) in [5.74, 6) is 1.11. The van der Waals surface area contributed by atoms with E-state index in [9.17, 15) is 4.79 Å². The molecule has 1 fully saturated rings. The van der Waals surface area contributed by atoms with Gasteiger partial charge in [-0.3, -0.25) is 4.79 Å². The van der Waals surface area contributed by atoms with E-state index in [2.05, 4.69) is 10.3 Å². The predicted octanol–water partition coefficient (Wildman–Crippen LogP) is 1.83. The highest BCUT2D eigenvalue weighted by molar-refractivity contribution is 5.82. The fourth-order valence-corrected chi connectivity index (χ4v) is 2.32. The van der Waals surface area contributed by atoms with Crippen molar-refractivity contribution in [2.24, 2.45) is 7.05 Å². The zero-order chi connectivity index (χ0) is 13.2. The average Bonchev–Trinajstić information content (AvgIpc) is 3.17. The Hall–Kier alpha value is -1.68. The van der Waals surface area contributed by atoms with E-state index in [1.54, 1.807) is 0 Å². The molecule has 1 heterocycles. The van der Waals surface area contributed by atoms with Gasteiger partial charge in [-0.2, -0.15) is 0 Å². The van der Waals surface area contributed by atoms with E-state index in [0.717, 1.165) is 23.4 Å². The molecule has 3 rings (SSSR count). The fraction of sp³-hybridized carbons (Fsp3) is 0.467. The summed E-state index contributed by atoms with van der Waals surface area (Å²) in [6, 6.07) is 8.65. The second-order valence-electron chi connectivity index (χ2n) is 5.27. The van der Waals surface area contributed by atoms with Crippen LogP contribution < -0.4 is 5.32 Å². The molecule has 0 bridgehead atoms. The van der Waals surface area contributed by atoms with Gasteiger partial charge in [0.1, 0.15) is 11.6 Å². The van der Waals surface area contributed by atoms with Gasteiger partial charge in [0, 0.05) is 26.1 Å². The zero-order valence-corrected chi connectivity index (χ0v) is 11.2. The predicted molar refractivity (Wildman–Crippen MR) is 75.1 cm³/mol. The molecule has 1 saturated carbocycles. The minimum atomic E-state index is 0.256. The van der Waals surface area contributed by atoms with Gasteiger partial charge in [-0.25, -0.2) is 4.98 Å². The molecule has 0 radical (unpaired) electrons. The Balaban J connectivity index is 1.63. The Morgan fingerprint density at radius 2 is 2.21 bits per heavy atom. The molecule has 1 aliphatic rings. The maximum absolute atomic E-state index is 12.0. The number of aromatic nitrogens is 2. The van der Waals surface area contributed by atoms with Crippen molar-refractivity contribution in [2.45, 2.75) is 31.7 Å². The number of para-hydroxylation sites is 2. The molecule has 0 spiro atoms. The number of ketones is 1. The van der Waals surface area contributed by atoms with Crippen LogP contribution >= 0.6 is 0 Å². The monoisotopic (exact) mass is 257 g/mol. The molecular weight excluding hydrogens is 238 g/mol. The molecule has 0 amide bonds. The minimum Gasteiger partial charge on any atom is -0.331 e. The lowest BCUT2D eigenvalue weighted by atomic mass is 10.2. The molecule has 2 aromatic rings. The third-order valence-corrected chi connectivity index (χ3v) is 3.65. The largest absolute Gasteiger partial charge is 0.331 e. The van der Waals surface area contributed by atoms with Crippen LogP contribution in [0.25, 0.3) is 11.0 Å². The number of rotatable bonds is 6. The Labute approximate surface area is 112 Å². The van der Waals surface area contributed by atoms with Gasteiger partial charge in [0.15, 0.2) is 0 Å². The number of hydrogen-bond acceptors (Lipinski definition) is 3. The van der Waals surface area contributed by atoms with E-state index in [4.69, 9.17) is 0 Å². The smallest absolute Gasteiger partial charge is 0.141 e. The fourth-order valence-electron chi connectivity index (χ4n) is 2.32. The lowest BCUT2D eigenvalue weighted by molar-refractivity contribution is -0.118. The summed E-state index contributed by atoms with van der Waals surface area (Å²) in [7, 11) is 1.97. The van der Waals surface area contributed by atoms with E-state index in [0.29, 0.717) is 18.9 Å². The Morgan fingerprint density at radius 3 is 2.95 bits per heavy atom. The van der Waals surface area contributed by atoms with Crippen LogP contribution in [-0.4, -0.2) is 27.9 Å². The van der Waals surface area contributed by atoms with Gasteiger partial charge in [-0.15, -0.1) is 0 Å². The van der Waals surface area contributed by atoms with Gasteiger partial charge in [-0.05, 0) is 25.0 Å². The summed E-state index contributed by atoms with van der Waals surface area (Å²) in [6.45, 7) is 0.799. The summed E-state index contributed by atoms with van der Waals surface area (Å²) in [4.78, 5) is 16.5. The first kappa shape index (κ1) is 12.4. The normalized spacial score (nSPS) is 15.0. The number of fused-ring (bicyclic) bond motifs is 1. The molecule has 1 aliphatic carbocycles. The minimum absolute atomic E-state index is 0.256. The molecule has 1 aromatic carbocycles. The highest BCUT2D eigenvalue weighted by atomic mass is 16.1. The van der Waals surface area contributed by atoms with E-state index in [-0.39, 0.29) is 5.78 Å². The molecule has 0 saturated heterocycles. The molecule has 0 atom stereocenters. The van der Waals surface area contributed by atoms with Crippen LogP contribution in [0.15, 0.2) is 24.3 Å². The first-order chi connectivity index (χ1) is 9.24. The standard InChI is InChI=1S/C15H19N3O/c1-18-14-5-3-2-4-13(14)17-15(18)10-12(19)8-9-16-11-6-7-11/h2-5,11,16H,6-10H2,1H3. The zero-order valence-electron chi connectivity index (χ0n) is 11.2. The van der Waals surface area contributed by atoms with Crippen LogP contribution in [0.5, 0.6) is 0 Å². The van der Waals surface area contributed by atoms with Crippen LogP contribution in [0.2, 0.25) is 0 Å². The van der Waals surface area contributed by atoms with E-state index < -0.39 is 0 Å². The highest BCUT2D eigenvalue weighted by Crippen LogP contribution is 2.18. The number of imidazole rings is 1. The van der Waals surface area contributed by atoms with E-state index in [1.165, 1.54) is 12.8 Å². The van der Waals surface area contributed by atoms with Crippen LogP contribution in [0.3, 0.4) is 0 Å². The van der Waals surface area contributed by atoms with Crippen LogP contribution in [-0.2, 0) is 18.3 Å². The van der Waals surface area contributed by atoms with Crippen molar-refractivity contribution < 1.29 is 4.79 Å². The number of aryl methyl sites for hydroxylation is 1. The van der Waals surface area contributed by atoms with Crippen molar-refractivity contribution in [1.82, 2.24) is 14.9 Å². The molecule has 19 heavy (non-hydrogen) atoms. The number of hydrogen-bond donors (Lipinski definition) is 1. The summed E-state index contributed by atoms with van der Waals surface area (Å²) >= 11 is 0. The highest BCUT2D eigenvalue weighted by Gasteiger charge is 2.20. The third-order valence-electron chi connectivity index (χ3n) is 3.65. The van der Waals surface area contributed by atoms with E-state index >= 15 is 0 Å². The Kier molecular flexibility index (Phi) is 3.34. The lowest BCUT2D eigenvalue weighted by Gasteiger charge is -2.03. The Morgan fingerprint density at radius 1 is 1.42 bits per heavy atom. The molecule has 1 aromatic heterocycles. The van der Waals surface area contributed by atoms with Gasteiger partial charge >= 0.3 is 0 Å². The number of carbonyl (C=O) groups is 1. The van der Waals surface area contributed by atoms with Crippen molar-refractivity contribution in [3.8, 4) is 0 Å². The van der Waals surface area contributed by atoms with E-state index in [1.807, 2.05) is 35.9 Å². The molecule has 0 aliphatic heterocycles. The van der Waals surface area contributed by atoms with Gasteiger partial charge in [0.05, 0.1) is 17.5 Å². The first-order valence-corrected chi connectivity index (χ1v) is 6.89. The second-order valence-corrected chi connectivity index (χ2v) is 5.27. The number of Topliss-reactive ketones (excluding diaryl/α,β-unsaturated/α-hetero) is 1.